The van der Waals surface area contributed by atoms with Gasteiger partial charge < -0.3 is 24.7 Å². The second-order valence-electron chi connectivity index (χ2n) is 14.1. The Morgan fingerprint density at radius 2 is 1.55 bits per heavy atom. The van der Waals surface area contributed by atoms with Crippen LogP contribution in [-0.2, 0) is 4.74 Å². The highest BCUT2D eigenvalue weighted by Gasteiger charge is 2.25. The average Bonchev–Trinajstić information content (AvgIpc) is 3.12. The van der Waals surface area contributed by atoms with Crippen LogP contribution in [0.4, 0.5) is 5.69 Å². The number of anilines is 1. The summed E-state index contributed by atoms with van der Waals surface area (Å²) in [6, 6.07) is 16.2. The molecule has 0 aromatic heterocycles. The first-order valence-electron chi connectivity index (χ1n) is 19.0. The molecule has 2 atom stereocenters. The second-order valence-corrected chi connectivity index (χ2v) is 14.1. The monoisotopic (exact) mass is 693 g/mol. The van der Waals surface area contributed by atoms with E-state index in [2.05, 4.69) is 62.3 Å². The molecular formula is C44H57N2O5+. The van der Waals surface area contributed by atoms with Crippen LogP contribution in [0.25, 0.3) is 33.4 Å². The lowest BCUT2D eigenvalue weighted by Crippen LogP contribution is -2.76. The van der Waals surface area contributed by atoms with Crippen LogP contribution in [0.15, 0.2) is 75.7 Å². The molecule has 4 N–H and O–H groups in total. The number of aliphatic hydroxyl groups excluding tert-OH is 2. The van der Waals surface area contributed by atoms with Crippen LogP contribution < -0.4 is 15.7 Å². The van der Waals surface area contributed by atoms with Crippen LogP contribution in [-0.4, -0.2) is 48.1 Å². The summed E-state index contributed by atoms with van der Waals surface area (Å²) in [6.07, 6.45) is 10.1. The SMILES string of the molecule is CCNc1cc2oc3cc(=[NH+]CC)c(C)cc-3c(-c3ccccc3C(=O)OCCCCCCCCCCC3=CC(O)C(C)=C(C)C3O)c2cc1C. The number of nitrogens with one attached hydrogen (secondary N) is 2. The van der Waals surface area contributed by atoms with Gasteiger partial charge >= 0.3 is 5.97 Å². The van der Waals surface area contributed by atoms with Crippen molar-refractivity contribution in [3.63, 3.8) is 0 Å². The highest BCUT2D eigenvalue weighted by Crippen LogP contribution is 2.43. The molecule has 0 bridgehead atoms. The number of hydrogen-bond donors (Lipinski definition) is 4. The maximum atomic E-state index is 13.6. The molecule has 3 aliphatic rings. The fourth-order valence-corrected chi connectivity index (χ4v) is 7.23. The fraction of sp³-hybridized carbons (Fsp3) is 0.455. The Labute approximate surface area is 303 Å². The van der Waals surface area contributed by atoms with E-state index >= 15 is 0 Å². The molecule has 0 saturated heterocycles. The van der Waals surface area contributed by atoms with Gasteiger partial charge in [0.05, 0.1) is 30.4 Å². The summed E-state index contributed by atoms with van der Waals surface area (Å²) < 4.78 is 12.4. The summed E-state index contributed by atoms with van der Waals surface area (Å²) in [5, 5.41) is 26.1. The predicted octanol–water partition coefficient (Wildman–Crippen LogP) is 7.92. The normalized spacial score (nSPS) is 16.6. The van der Waals surface area contributed by atoms with Crippen LogP contribution in [0.1, 0.15) is 107 Å². The highest BCUT2D eigenvalue weighted by atomic mass is 16.5. The molecule has 51 heavy (non-hydrogen) atoms. The molecule has 2 unspecified atom stereocenters. The minimum Gasteiger partial charge on any atom is -0.462 e. The molecule has 7 nitrogen and oxygen atoms in total. The Morgan fingerprint density at radius 1 is 0.843 bits per heavy atom. The Morgan fingerprint density at radius 3 is 2.27 bits per heavy atom. The molecule has 5 rings (SSSR count). The van der Waals surface area contributed by atoms with Gasteiger partial charge in [0.2, 0.25) is 5.36 Å². The summed E-state index contributed by atoms with van der Waals surface area (Å²) >= 11 is 0. The topological polar surface area (TPSA) is 106 Å². The molecule has 0 fully saturated rings. The molecule has 0 amide bonds. The first-order chi connectivity index (χ1) is 24.6. The Hall–Kier alpha value is -4.20. The molecular weight excluding hydrogens is 636 g/mol. The lowest BCUT2D eigenvalue weighted by atomic mass is 9.86. The zero-order chi connectivity index (χ0) is 36.5. The van der Waals surface area contributed by atoms with Crippen molar-refractivity contribution in [2.45, 2.75) is 112 Å². The van der Waals surface area contributed by atoms with Crippen LogP contribution in [0.2, 0.25) is 0 Å². The standard InChI is InChI=1S/C44H56N2O5/c1-7-45-37-26-40-35(23-28(37)3)42(36-24-29(4)38(46-8-2)27-41(36)51-40)33-20-16-17-21-34(33)44(49)50-22-18-14-12-10-9-11-13-15-19-32-25-39(47)30(5)31(6)43(32)48/h16-17,20-21,23-27,39,43,45,47-48H,7-15,18-19,22H2,1-6H3/p+1. The number of hydrogen-bond acceptors (Lipinski definition) is 6. The van der Waals surface area contributed by atoms with E-state index in [0.717, 1.165) is 137 Å². The van der Waals surface area contributed by atoms with E-state index < -0.39 is 12.2 Å². The number of rotatable bonds is 16. The van der Waals surface area contributed by atoms with Gasteiger partial charge in [-0.3, -0.25) is 0 Å². The molecule has 2 aromatic carbocycles. The molecule has 7 heteroatoms. The number of fused-ring (bicyclic) bond motifs is 2. The summed E-state index contributed by atoms with van der Waals surface area (Å²) in [4.78, 5) is 17.1. The minimum absolute atomic E-state index is 0.304. The minimum atomic E-state index is -0.569. The van der Waals surface area contributed by atoms with Gasteiger partial charge in [-0.1, -0.05) is 56.7 Å². The third-order valence-corrected chi connectivity index (χ3v) is 10.4. The largest absolute Gasteiger partial charge is 0.462 e. The number of aliphatic hydroxyl groups is 2. The number of esters is 1. The molecule has 1 heterocycles. The highest BCUT2D eigenvalue weighted by molar-refractivity contribution is 6.08. The van der Waals surface area contributed by atoms with Crippen LogP contribution in [0.3, 0.4) is 0 Å². The number of ether oxygens (including phenoxy) is 1. The molecule has 2 aromatic rings. The van der Waals surface area contributed by atoms with E-state index in [1.54, 1.807) is 0 Å². The second kappa shape index (κ2) is 17.8. The predicted molar refractivity (Wildman–Crippen MR) is 207 cm³/mol. The lowest BCUT2D eigenvalue weighted by Gasteiger charge is -2.26. The number of unbranched alkanes of at least 4 members (excludes halogenated alkanes) is 7. The summed E-state index contributed by atoms with van der Waals surface area (Å²) in [6.45, 7) is 14.2. The van der Waals surface area contributed by atoms with Gasteiger partial charge in [0.1, 0.15) is 17.9 Å². The molecule has 2 aliphatic carbocycles. The van der Waals surface area contributed by atoms with Crippen molar-refractivity contribution in [1.29, 1.82) is 0 Å². The fourth-order valence-electron chi connectivity index (χ4n) is 7.23. The maximum Gasteiger partial charge on any atom is 0.338 e. The smallest absolute Gasteiger partial charge is 0.338 e. The van der Waals surface area contributed by atoms with Crippen molar-refractivity contribution >= 4 is 22.6 Å². The van der Waals surface area contributed by atoms with Gasteiger partial charge in [-0.25, -0.2) is 9.79 Å². The molecule has 0 spiro atoms. The number of carbonyl (C=O) groups is 1. The van der Waals surface area contributed by atoms with E-state index in [4.69, 9.17) is 9.15 Å². The summed E-state index contributed by atoms with van der Waals surface area (Å²) in [5.41, 5.74) is 10.0. The first-order valence-corrected chi connectivity index (χ1v) is 19.0. The van der Waals surface area contributed by atoms with Crippen molar-refractivity contribution < 1.29 is 29.2 Å². The number of aryl methyl sites for hydroxylation is 2. The van der Waals surface area contributed by atoms with Crippen molar-refractivity contribution in [3.05, 3.63) is 93.4 Å². The lowest BCUT2D eigenvalue weighted by molar-refractivity contribution is -0.496. The van der Waals surface area contributed by atoms with Crippen molar-refractivity contribution in [2.75, 3.05) is 25.0 Å². The van der Waals surface area contributed by atoms with Crippen LogP contribution >= 0.6 is 0 Å². The third-order valence-electron chi connectivity index (χ3n) is 10.4. The van der Waals surface area contributed by atoms with Gasteiger partial charge in [0, 0.05) is 40.4 Å². The van der Waals surface area contributed by atoms with Gasteiger partial charge in [0.15, 0.2) is 0 Å². The zero-order valence-corrected chi connectivity index (χ0v) is 31.5. The number of carbonyl (C=O) groups excluding carboxylic acids is 1. The Bertz CT molecular complexity index is 1930. The van der Waals surface area contributed by atoms with Crippen molar-refractivity contribution in [2.24, 2.45) is 0 Å². The van der Waals surface area contributed by atoms with Gasteiger partial charge in [-0.15, -0.1) is 0 Å². The van der Waals surface area contributed by atoms with Crippen LogP contribution in [0.5, 0.6) is 0 Å². The Balaban J connectivity index is 1.19. The quantitative estimate of drug-likeness (QED) is 0.0411. The van der Waals surface area contributed by atoms with Gasteiger partial charge in [-0.05, 0) is 113 Å². The van der Waals surface area contributed by atoms with E-state index in [1.807, 2.05) is 44.2 Å². The summed E-state index contributed by atoms with van der Waals surface area (Å²) in [5.74, 6) is 0.456. The van der Waals surface area contributed by atoms with Crippen molar-refractivity contribution in [1.82, 2.24) is 0 Å². The van der Waals surface area contributed by atoms with E-state index in [9.17, 15) is 15.0 Å². The van der Waals surface area contributed by atoms with E-state index in [0.29, 0.717) is 12.2 Å². The van der Waals surface area contributed by atoms with Crippen LogP contribution in [0, 0.1) is 13.8 Å². The van der Waals surface area contributed by atoms with Gasteiger partial charge in [-0.2, -0.15) is 0 Å². The van der Waals surface area contributed by atoms with E-state index in [-0.39, 0.29) is 5.97 Å². The maximum absolute atomic E-state index is 13.6. The Kier molecular flexibility index (Phi) is 13.3. The molecule has 272 valence electrons. The molecule has 0 radical (unpaired) electrons. The molecule has 0 saturated carbocycles. The van der Waals surface area contributed by atoms with Gasteiger partial charge in [0.25, 0.3) is 0 Å². The average molecular weight is 694 g/mol. The van der Waals surface area contributed by atoms with Crippen molar-refractivity contribution in [3.8, 4) is 22.5 Å². The number of benzene rings is 3. The zero-order valence-electron chi connectivity index (χ0n) is 31.5. The molecule has 1 aliphatic heterocycles. The third kappa shape index (κ3) is 9.00. The first kappa shape index (κ1) is 38.0. The summed E-state index contributed by atoms with van der Waals surface area (Å²) in [7, 11) is 0. The van der Waals surface area contributed by atoms with E-state index in [1.165, 1.54) is 6.42 Å².